The highest BCUT2D eigenvalue weighted by molar-refractivity contribution is 6.29. The Morgan fingerprint density at radius 1 is 1.32 bits per heavy atom. The number of nitrogens with zero attached hydrogens (tertiary/aromatic N) is 2. The summed E-state index contributed by atoms with van der Waals surface area (Å²) in [4.78, 5) is 20.1. The fourth-order valence-corrected chi connectivity index (χ4v) is 2.20. The number of halogens is 4. The summed E-state index contributed by atoms with van der Waals surface area (Å²) in [5.74, 6) is -1.54. The Balaban J connectivity index is 2.31. The van der Waals surface area contributed by atoms with Gasteiger partial charge >= 0.3 is 12.1 Å². The van der Waals surface area contributed by atoms with Crippen LogP contribution in [0.3, 0.4) is 0 Å². The van der Waals surface area contributed by atoms with Crippen molar-refractivity contribution in [1.29, 1.82) is 0 Å². The molecule has 0 saturated heterocycles. The summed E-state index contributed by atoms with van der Waals surface area (Å²) in [7, 11) is 0. The minimum atomic E-state index is -4.44. The molecule has 0 aliphatic rings. The van der Waals surface area contributed by atoms with Crippen molar-refractivity contribution in [3.63, 3.8) is 0 Å². The first-order valence-electron chi connectivity index (χ1n) is 7.30. The lowest BCUT2D eigenvalue weighted by atomic mass is 9.99. The summed E-state index contributed by atoms with van der Waals surface area (Å²) in [5, 5.41) is 0.233. The first-order valence-corrected chi connectivity index (χ1v) is 7.68. The fourth-order valence-electron chi connectivity index (χ4n) is 2.03. The van der Waals surface area contributed by atoms with Gasteiger partial charge in [0.15, 0.2) is 0 Å². The lowest BCUT2D eigenvalue weighted by molar-refractivity contribution is -0.143. The normalized spacial score (nSPS) is 13.0. The number of esters is 1. The zero-order chi connectivity index (χ0) is 18.4. The minimum Gasteiger partial charge on any atom is -0.465 e. The number of pyridine rings is 1. The number of carbonyl (C=O) groups excluding carboxylic acids is 1. The zero-order valence-electron chi connectivity index (χ0n) is 13.1. The maximum Gasteiger partial charge on any atom is 0.416 e. The molecule has 0 fully saturated rings. The number of carbonyl (C=O) groups is 1. The van der Waals surface area contributed by atoms with E-state index in [0.29, 0.717) is 11.3 Å². The largest absolute Gasteiger partial charge is 0.465 e. The van der Waals surface area contributed by atoms with E-state index in [1.165, 1.54) is 30.6 Å². The third kappa shape index (κ3) is 5.29. The molecule has 0 spiro atoms. The summed E-state index contributed by atoms with van der Waals surface area (Å²) in [5.41, 5.74) is 0.00766. The number of aromatic nitrogens is 1. The van der Waals surface area contributed by atoms with Crippen molar-refractivity contribution >= 4 is 29.5 Å². The van der Waals surface area contributed by atoms with Crippen molar-refractivity contribution in [3.8, 4) is 0 Å². The van der Waals surface area contributed by atoms with E-state index in [9.17, 15) is 18.0 Å². The molecule has 2 rings (SSSR count). The number of ether oxygens (including phenoxy) is 1. The highest BCUT2D eigenvalue weighted by Crippen LogP contribution is 2.30. The van der Waals surface area contributed by atoms with Crippen LogP contribution in [0, 0.1) is 0 Å². The topological polar surface area (TPSA) is 51.5 Å². The third-order valence-corrected chi connectivity index (χ3v) is 3.43. The first kappa shape index (κ1) is 18.9. The Labute approximate surface area is 147 Å². The van der Waals surface area contributed by atoms with E-state index in [0.717, 1.165) is 12.1 Å². The Kier molecular flexibility index (Phi) is 6.14. The van der Waals surface area contributed by atoms with Gasteiger partial charge in [-0.05, 0) is 30.7 Å². The Morgan fingerprint density at radius 2 is 2.00 bits per heavy atom. The van der Waals surface area contributed by atoms with Crippen molar-refractivity contribution in [2.45, 2.75) is 19.0 Å². The van der Waals surface area contributed by atoms with Gasteiger partial charge in [0.25, 0.3) is 0 Å². The Hall–Kier alpha value is -2.41. The quantitative estimate of drug-likeness (QED) is 0.431. The van der Waals surface area contributed by atoms with Crippen LogP contribution in [-0.2, 0) is 15.7 Å². The average molecular weight is 371 g/mol. The Bertz CT molecular complexity index is 761. The predicted molar refractivity (Wildman–Crippen MR) is 88.2 cm³/mol. The van der Waals surface area contributed by atoms with Gasteiger partial charge in [-0.2, -0.15) is 13.2 Å². The predicted octanol–water partition coefficient (Wildman–Crippen LogP) is 4.80. The molecule has 1 aromatic carbocycles. The molecule has 0 saturated carbocycles. The molecule has 1 atom stereocenters. The Morgan fingerprint density at radius 3 is 2.56 bits per heavy atom. The van der Waals surface area contributed by atoms with Gasteiger partial charge in [0, 0.05) is 18.5 Å². The molecule has 1 aromatic heterocycles. The molecule has 0 aliphatic heterocycles. The summed E-state index contributed by atoms with van der Waals surface area (Å²) >= 11 is 5.77. The van der Waals surface area contributed by atoms with Crippen LogP contribution >= 0.6 is 11.6 Å². The van der Waals surface area contributed by atoms with Crippen LogP contribution in [0.1, 0.15) is 24.0 Å². The molecular formula is C17H14ClF3N2O2. The molecule has 0 aliphatic carbocycles. The smallest absolute Gasteiger partial charge is 0.416 e. The number of hydrogen-bond donors (Lipinski definition) is 0. The molecule has 25 heavy (non-hydrogen) atoms. The van der Waals surface area contributed by atoms with E-state index in [2.05, 4.69) is 9.98 Å². The van der Waals surface area contributed by atoms with Crippen molar-refractivity contribution in [1.82, 2.24) is 4.98 Å². The monoisotopic (exact) mass is 370 g/mol. The van der Waals surface area contributed by atoms with Crippen LogP contribution in [0.25, 0.3) is 0 Å². The van der Waals surface area contributed by atoms with Gasteiger partial charge in [0.1, 0.15) is 11.1 Å². The van der Waals surface area contributed by atoms with Crippen molar-refractivity contribution in [2.75, 3.05) is 6.61 Å². The molecule has 0 N–H and O–H groups in total. The molecule has 0 bridgehead atoms. The van der Waals surface area contributed by atoms with Crippen LogP contribution in [-0.4, -0.2) is 23.8 Å². The lowest BCUT2D eigenvalue weighted by Crippen LogP contribution is -2.17. The molecule has 0 radical (unpaired) electrons. The highest BCUT2D eigenvalue weighted by Gasteiger charge is 2.30. The molecule has 0 amide bonds. The number of aliphatic imine (C=N–C) groups is 1. The molecule has 132 valence electrons. The van der Waals surface area contributed by atoms with Gasteiger partial charge in [-0.15, -0.1) is 0 Å². The SMILES string of the molecule is CCOC(=O)C(C=Nc1ccnc(Cl)c1)c1ccc(C(F)(F)F)cc1. The van der Waals surface area contributed by atoms with E-state index >= 15 is 0 Å². The number of benzene rings is 1. The molecular weight excluding hydrogens is 357 g/mol. The van der Waals surface area contributed by atoms with Gasteiger partial charge < -0.3 is 4.74 Å². The number of rotatable bonds is 5. The van der Waals surface area contributed by atoms with Gasteiger partial charge in [0.05, 0.1) is 17.9 Å². The lowest BCUT2D eigenvalue weighted by Gasteiger charge is -2.13. The van der Waals surface area contributed by atoms with Crippen LogP contribution in [0.15, 0.2) is 47.6 Å². The number of alkyl halides is 3. The van der Waals surface area contributed by atoms with E-state index in [1.54, 1.807) is 13.0 Å². The van der Waals surface area contributed by atoms with Crippen LogP contribution in [0.5, 0.6) is 0 Å². The van der Waals surface area contributed by atoms with Crippen molar-refractivity contribution in [3.05, 3.63) is 58.9 Å². The third-order valence-electron chi connectivity index (χ3n) is 3.22. The summed E-state index contributed by atoms with van der Waals surface area (Å²) in [6.45, 7) is 1.78. The van der Waals surface area contributed by atoms with Crippen molar-refractivity contribution < 1.29 is 22.7 Å². The zero-order valence-corrected chi connectivity index (χ0v) is 13.9. The van der Waals surface area contributed by atoms with E-state index < -0.39 is 23.6 Å². The summed E-state index contributed by atoms with van der Waals surface area (Å²) in [6, 6.07) is 7.37. The maximum atomic E-state index is 12.7. The maximum absolute atomic E-state index is 12.7. The summed E-state index contributed by atoms with van der Waals surface area (Å²) in [6.07, 6.45) is -1.68. The van der Waals surface area contributed by atoms with Crippen LogP contribution in [0.2, 0.25) is 5.15 Å². The molecule has 1 unspecified atom stereocenters. The number of hydrogen-bond acceptors (Lipinski definition) is 4. The van der Waals surface area contributed by atoms with Gasteiger partial charge in [-0.25, -0.2) is 4.98 Å². The van der Waals surface area contributed by atoms with Crippen molar-refractivity contribution in [2.24, 2.45) is 4.99 Å². The second kappa shape index (κ2) is 8.11. The molecule has 4 nitrogen and oxygen atoms in total. The van der Waals surface area contributed by atoms with Gasteiger partial charge in [-0.1, -0.05) is 23.7 Å². The second-order valence-corrected chi connectivity index (χ2v) is 5.35. The van der Waals surface area contributed by atoms with E-state index in [4.69, 9.17) is 16.3 Å². The van der Waals surface area contributed by atoms with E-state index in [1.807, 2.05) is 0 Å². The standard InChI is InChI=1S/C17H14ClF3N2O2/c1-2-25-16(24)14(10-23-13-7-8-22-15(18)9-13)11-3-5-12(6-4-11)17(19,20)21/h3-10,14H,2H2,1H3. The minimum absolute atomic E-state index is 0.144. The second-order valence-electron chi connectivity index (χ2n) is 4.96. The molecule has 1 heterocycles. The van der Waals surface area contributed by atoms with E-state index in [-0.39, 0.29) is 11.8 Å². The fraction of sp³-hybridized carbons (Fsp3) is 0.235. The van der Waals surface area contributed by atoms with Gasteiger partial charge in [0.2, 0.25) is 0 Å². The molecule has 2 aromatic rings. The van der Waals surface area contributed by atoms with Crippen LogP contribution in [0.4, 0.5) is 18.9 Å². The average Bonchev–Trinajstić information content (AvgIpc) is 2.55. The first-order chi connectivity index (χ1) is 11.8. The van der Waals surface area contributed by atoms with Crippen LogP contribution < -0.4 is 0 Å². The summed E-state index contributed by atoms with van der Waals surface area (Å²) < 4.78 is 43.0. The molecule has 8 heteroatoms. The highest BCUT2D eigenvalue weighted by atomic mass is 35.5. The van der Waals surface area contributed by atoms with Gasteiger partial charge in [-0.3, -0.25) is 9.79 Å².